The summed E-state index contributed by atoms with van der Waals surface area (Å²) in [7, 11) is -1.88. The van der Waals surface area contributed by atoms with Crippen LogP contribution in [0.3, 0.4) is 0 Å². The summed E-state index contributed by atoms with van der Waals surface area (Å²) in [4.78, 5) is 4.54. The van der Waals surface area contributed by atoms with Crippen molar-refractivity contribution >= 4 is 13.3 Å². The molecule has 3 rings (SSSR count). The van der Waals surface area contributed by atoms with Gasteiger partial charge in [0.2, 0.25) is 0 Å². The Morgan fingerprint density at radius 1 is 1.00 bits per heavy atom. The third kappa shape index (κ3) is 3.77. The number of hydrogen-bond acceptors (Lipinski definition) is 1. The highest BCUT2D eigenvalue weighted by atomic mass is 28.3. The Bertz CT molecular complexity index is 990. The Labute approximate surface area is 147 Å². The minimum absolute atomic E-state index is 0.0359. The Hall–Kier alpha value is -2.19. The van der Waals surface area contributed by atoms with Crippen molar-refractivity contribution in [3.63, 3.8) is 0 Å². The van der Waals surface area contributed by atoms with E-state index < -0.39 is 14.4 Å². The minimum atomic E-state index is -1.88. The highest BCUT2D eigenvalue weighted by Gasteiger charge is 2.21. The molecule has 0 spiro atoms. The van der Waals surface area contributed by atoms with Crippen molar-refractivity contribution in [1.82, 2.24) is 4.98 Å². The maximum Gasteiger partial charge on any atom is 0.0799 e. The molecular formula is C21H23NSi. The van der Waals surface area contributed by atoms with E-state index in [2.05, 4.69) is 24.6 Å². The number of rotatable bonds is 4. The van der Waals surface area contributed by atoms with Crippen molar-refractivity contribution in [2.75, 3.05) is 0 Å². The third-order valence-corrected chi connectivity index (χ3v) is 5.67. The highest BCUT2D eigenvalue weighted by Crippen LogP contribution is 2.20. The lowest BCUT2D eigenvalue weighted by Crippen LogP contribution is -2.40. The molecule has 0 unspecified atom stereocenters. The SMILES string of the molecule is [2H]c1cc(-c2cc(C([2H])([2H])c3ccccc3)c([Si](C)(C)C)cn2)cc([2H])c1[2H]. The van der Waals surface area contributed by atoms with Crippen molar-refractivity contribution in [1.29, 1.82) is 0 Å². The van der Waals surface area contributed by atoms with E-state index in [4.69, 9.17) is 6.85 Å². The average molecular weight is 323 g/mol. The van der Waals surface area contributed by atoms with Gasteiger partial charge in [0.05, 0.1) is 17.9 Å². The summed E-state index contributed by atoms with van der Waals surface area (Å²) in [6.07, 6.45) is 0.0526. The Morgan fingerprint density at radius 2 is 1.70 bits per heavy atom. The fourth-order valence-corrected chi connectivity index (χ4v) is 3.84. The molecule has 0 atom stereocenters. The van der Waals surface area contributed by atoms with E-state index >= 15 is 0 Å². The van der Waals surface area contributed by atoms with Crippen molar-refractivity contribution in [3.05, 3.63) is 84.0 Å². The lowest BCUT2D eigenvalue weighted by atomic mass is 10.0. The van der Waals surface area contributed by atoms with Gasteiger partial charge >= 0.3 is 0 Å². The number of nitrogens with zero attached hydrogens (tertiary/aromatic N) is 1. The van der Waals surface area contributed by atoms with Crippen LogP contribution in [0.2, 0.25) is 19.6 Å². The van der Waals surface area contributed by atoms with Crippen LogP contribution in [0.25, 0.3) is 11.3 Å². The molecule has 0 aliphatic heterocycles. The van der Waals surface area contributed by atoms with Gasteiger partial charge in [-0.25, -0.2) is 0 Å². The lowest BCUT2D eigenvalue weighted by molar-refractivity contribution is 1.18. The molecule has 0 saturated heterocycles. The number of benzene rings is 2. The smallest absolute Gasteiger partial charge is 0.0799 e. The monoisotopic (exact) mass is 322 g/mol. The zero-order chi connectivity index (χ0) is 20.7. The largest absolute Gasteiger partial charge is 0.256 e. The van der Waals surface area contributed by atoms with Crippen LogP contribution in [0.1, 0.15) is 18.0 Å². The second-order valence-corrected chi connectivity index (χ2v) is 11.6. The van der Waals surface area contributed by atoms with E-state index in [1.54, 1.807) is 24.4 Å². The summed E-state index contributed by atoms with van der Waals surface area (Å²) >= 11 is 0. The van der Waals surface area contributed by atoms with Gasteiger partial charge in [-0.05, 0) is 28.8 Å². The predicted octanol–water partition coefficient (Wildman–Crippen LogP) is 4.88. The van der Waals surface area contributed by atoms with Gasteiger partial charge < -0.3 is 0 Å². The molecule has 0 aliphatic rings. The van der Waals surface area contributed by atoms with Gasteiger partial charge in [0.25, 0.3) is 0 Å². The standard InChI is InChI=1S/C21H23NSi/c1-23(2,3)21-16-22-20(18-12-8-5-9-13-18)15-19(21)14-17-10-6-4-7-11-17/h4-13,15-16H,14H2,1-3H3/i5D,8D,9D,14D2. The molecule has 0 N–H and O–H groups in total. The third-order valence-electron chi connectivity index (χ3n) is 3.66. The van der Waals surface area contributed by atoms with Gasteiger partial charge in [-0.15, -0.1) is 0 Å². The average Bonchev–Trinajstić information content (AvgIpc) is 2.65. The van der Waals surface area contributed by atoms with Crippen molar-refractivity contribution in [2.24, 2.45) is 0 Å². The van der Waals surface area contributed by atoms with Crippen LogP contribution in [-0.4, -0.2) is 13.1 Å². The first-order chi connectivity index (χ1) is 13.0. The number of aromatic nitrogens is 1. The zero-order valence-electron chi connectivity index (χ0n) is 18.6. The molecule has 1 nitrogen and oxygen atoms in total. The summed E-state index contributed by atoms with van der Waals surface area (Å²) in [5.41, 5.74) is 2.23. The number of pyridine rings is 1. The van der Waals surface area contributed by atoms with Crippen molar-refractivity contribution in [2.45, 2.75) is 26.0 Å². The molecular weight excluding hydrogens is 294 g/mol. The first-order valence-electron chi connectivity index (χ1n) is 10.2. The molecule has 0 aliphatic carbocycles. The second-order valence-electron chi connectivity index (χ2n) is 6.51. The Morgan fingerprint density at radius 3 is 2.35 bits per heavy atom. The van der Waals surface area contributed by atoms with Gasteiger partial charge in [-0.3, -0.25) is 4.98 Å². The lowest BCUT2D eigenvalue weighted by Gasteiger charge is -2.21. The Kier molecular flexibility index (Phi) is 2.99. The van der Waals surface area contributed by atoms with E-state index in [-0.39, 0.29) is 18.1 Å². The van der Waals surface area contributed by atoms with Crippen LogP contribution in [0.4, 0.5) is 0 Å². The van der Waals surface area contributed by atoms with Crippen molar-refractivity contribution in [3.8, 4) is 11.3 Å². The summed E-state index contributed by atoms with van der Waals surface area (Å²) < 4.78 is 41.3. The fraction of sp³-hybridized carbons (Fsp3) is 0.190. The van der Waals surface area contributed by atoms with Gasteiger partial charge in [-0.1, -0.05) is 80.2 Å². The number of hydrogen-bond donors (Lipinski definition) is 0. The summed E-state index contributed by atoms with van der Waals surface area (Å²) in [6.45, 7) is 6.48. The maximum absolute atomic E-state index is 8.86. The van der Waals surface area contributed by atoms with Gasteiger partial charge in [0, 0.05) is 14.5 Å². The van der Waals surface area contributed by atoms with E-state index in [1.165, 1.54) is 12.1 Å². The fourth-order valence-electron chi connectivity index (χ4n) is 2.45. The van der Waals surface area contributed by atoms with Crippen LogP contribution in [0, 0.1) is 0 Å². The molecule has 0 radical (unpaired) electrons. The van der Waals surface area contributed by atoms with Crippen LogP contribution in [-0.2, 0) is 6.37 Å². The van der Waals surface area contributed by atoms with Crippen molar-refractivity contribution < 1.29 is 6.85 Å². The first kappa shape index (κ1) is 10.6. The maximum atomic E-state index is 8.86. The molecule has 1 heterocycles. The second kappa shape index (κ2) is 6.51. The summed E-state index contributed by atoms with van der Waals surface area (Å²) in [6, 6.07) is 13.7. The van der Waals surface area contributed by atoms with E-state index in [1.807, 2.05) is 18.2 Å². The molecule has 0 saturated carbocycles. The molecule has 0 amide bonds. The summed E-state index contributed by atoms with van der Waals surface area (Å²) in [5.74, 6) is 0. The van der Waals surface area contributed by atoms with Gasteiger partial charge in [0.15, 0.2) is 0 Å². The predicted molar refractivity (Wildman–Crippen MR) is 102 cm³/mol. The first-order valence-corrected chi connectivity index (χ1v) is 11.2. The molecule has 3 aromatic rings. The normalized spacial score (nSPS) is 15.2. The Balaban J connectivity index is 2.24. The van der Waals surface area contributed by atoms with Crippen LogP contribution in [0.15, 0.2) is 72.9 Å². The van der Waals surface area contributed by atoms with E-state index in [0.29, 0.717) is 22.4 Å². The van der Waals surface area contributed by atoms with Crippen LogP contribution >= 0.6 is 0 Å². The van der Waals surface area contributed by atoms with Gasteiger partial charge in [-0.2, -0.15) is 0 Å². The van der Waals surface area contributed by atoms with Gasteiger partial charge in [0.1, 0.15) is 0 Å². The quantitative estimate of drug-likeness (QED) is 0.624. The highest BCUT2D eigenvalue weighted by molar-refractivity contribution is 6.89. The molecule has 1 aromatic heterocycles. The minimum Gasteiger partial charge on any atom is -0.256 e. The van der Waals surface area contributed by atoms with Crippen LogP contribution < -0.4 is 5.19 Å². The molecule has 0 bridgehead atoms. The molecule has 0 fully saturated rings. The molecule has 116 valence electrons. The zero-order valence-corrected chi connectivity index (χ0v) is 14.6. The van der Waals surface area contributed by atoms with E-state index in [9.17, 15) is 0 Å². The van der Waals surface area contributed by atoms with Crippen LogP contribution in [0.5, 0.6) is 0 Å². The molecule has 2 aromatic carbocycles. The molecule has 23 heavy (non-hydrogen) atoms. The molecule has 2 heteroatoms. The topological polar surface area (TPSA) is 12.9 Å². The summed E-state index contributed by atoms with van der Waals surface area (Å²) in [5, 5.41) is 0.944. The van der Waals surface area contributed by atoms with E-state index in [0.717, 1.165) is 5.19 Å².